The Bertz CT molecular complexity index is 584. The number of carbonyl (C=O) groups is 1. The number of anilines is 1. The molecule has 5 heteroatoms. The zero-order valence-electron chi connectivity index (χ0n) is 12.4. The molecule has 5 nitrogen and oxygen atoms in total. The molecular formula is C16H20N4O. The third-order valence-corrected chi connectivity index (χ3v) is 3.05. The monoisotopic (exact) mass is 284 g/mol. The maximum atomic E-state index is 11.8. The van der Waals surface area contributed by atoms with Crippen LogP contribution in [0.3, 0.4) is 0 Å². The summed E-state index contributed by atoms with van der Waals surface area (Å²) in [5.74, 6) is 0.676. The summed E-state index contributed by atoms with van der Waals surface area (Å²) in [7, 11) is 3.77. The molecule has 0 aliphatic rings. The summed E-state index contributed by atoms with van der Waals surface area (Å²) in [4.78, 5) is 22.2. The second-order valence-electron chi connectivity index (χ2n) is 5.00. The van der Waals surface area contributed by atoms with Crippen LogP contribution in [0, 0.1) is 0 Å². The van der Waals surface area contributed by atoms with Crippen LogP contribution in [-0.4, -0.2) is 30.0 Å². The van der Waals surface area contributed by atoms with Crippen molar-refractivity contribution in [1.82, 2.24) is 15.3 Å². The summed E-state index contributed by atoms with van der Waals surface area (Å²) < 4.78 is 0. The highest BCUT2D eigenvalue weighted by atomic mass is 16.1. The number of nitrogens with one attached hydrogen (secondary N) is 1. The van der Waals surface area contributed by atoms with E-state index in [4.69, 9.17) is 0 Å². The van der Waals surface area contributed by atoms with E-state index in [1.165, 1.54) is 5.56 Å². The van der Waals surface area contributed by atoms with Gasteiger partial charge in [0.05, 0.1) is 12.2 Å². The van der Waals surface area contributed by atoms with Gasteiger partial charge in [-0.15, -0.1) is 0 Å². The highest BCUT2D eigenvalue weighted by Crippen LogP contribution is 2.04. The number of carbonyl (C=O) groups excluding carboxylic acids is 1. The van der Waals surface area contributed by atoms with Crippen molar-refractivity contribution >= 4 is 11.9 Å². The summed E-state index contributed by atoms with van der Waals surface area (Å²) >= 11 is 0. The molecule has 0 atom stereocenters. The Labute approximate surface area is 125 Å². The maximum absolute atomic E-state index is 11.8. The van der Waals surface area contributed by atoms with E-state index in [1.807, 2.05) is 55.4 Å². The van der Waals surface area contributed by atoms with Crippen molar-refractivity contribution in [3.63, 3.8) is 0 Å². The van der Waals surface area contributed by atoms with Gasteiger partial charge in [-0.2, -0.15) is 0 Å². The number of aromatic nitrogens is 2. The molecule has 0 saturated carbocycles. The third kappa shape index (κ3) is 4.87. The van der Waals surface area contributed by atoms with Gasteiger partial charge in [0.2, 0.25) is 11.9 Å². The standard InChI is InChI=1S/C16H20N4O/c1-20(2)16-17-11-10-14(19-16)12-18-15(21)9-8-13-6-4-3-5-7-13/h3-7,10-11H,8-9,12H2,1-2H3,(H,18,21). The van der Waals surface area contributed by atoms with Gasteiger partial charge in [-0.05, 0) is 18.1 Å². The molecule has 1 N–H and O–H groups in total. The van der Waals surface area contributed by atoms with Crippen LogP contribution in [-0.2, 0) is 17.8 Å². The molecule has 1 amide bonds. The maximum Gasteiger partial charge on any atom is 0.225 e. The summed E-state index contributed by atoms with van der Waals surface area (Å²) in [5, 5.41) is 2.89. The van der Waals surface area contributed by atoms with E-state index in [2.05, 4.69) is 15.3 Å². The molecule has 1 heterocycles. The topological polar surface area (TPSA) is 58.1 Å². The lowest BCUT2D eigenvalue weighted by atomic mass is 10.1. The van der Waals surface area contributed by atoms with Gasteiger partial charge < -0.3 is 10.2 Å². The number of nitrogens with zero attached hydrogens (tertiary/aromatic N) is 3. The minimum atomic E-state index is 0.0314. The van der Waals surface area contributed by atoms with Crippen LogP contribution >= 0.6 is 0 Å². The summed E-state index contributed by atoms with van der Waals surface area (Å²) in [6, 6.07) is 11.8. The lowest BCUT2D eigenvalue weighted by molar-refractivity contribution is -0.121. The van der Waals surface area contributed by atoms with Crippen molar-refractivity contribution in [3.8, 4) is 0 Å². The van der Waals surface area contributed by atoms with Gasteiger partial charge in [0.1, 0.15) is 0 Å². The average molecular weight is 284 g/mol. The van der Waals surface area contributed by atoms with E-state index in [9.17, 15) is 4.79 Å². The molecular weight excluding hydrogens is 264 g/mol. The third-order valence-electron chi connectivity index (χ3n) is 3.05. The zero-order chi connectivity index (χ0) is 15.1. The van der Waals surface area contributed by atoms with Gasteiger partial charge in [0, 0.05) is 26.7 Å². The molecule has 0 aliphatic heterocycles. The average Bonchev–Trinajstić information content (AvgIpc) is 2.52. The first-order valence-electron chi connectivity index (χ1n) is 6.95. The number of rotatable bonds is 6. The minimum Gasteiger partial charge on any atom is -0.350 e. The van der Waals surface area contributed by atoms with Crippen LogP contribution < -0.4 is 10.2 Å². The normalized spacial score (nSPS) is 10.2. The fourth-order valence-electron chi connectivity index (χ4n) is 1.88. The molecule has 1 aromatic carbocycles. The Balaban J connectivity index is 1.80. The lowest BCUT2D eigenvalue weighted by Crippen LogP contribution is -2.24. The number of benzene rings is 1. The Hall–Kier alpha value is -2.43. The van der Waals surface area contributed by atoms with Crippen LogP contribution in [0.5, 0.6) is 0 Å². The SMILES string of the molecule is CN(C)c1nccc(CNC(=O)CCc2ccccc2)n1. The van der Waals surface area contributed by atoms with E-state index >= 15 is 0 Å². The molecule has 21 heavy (non-hydrogen) atoms. The quantitative estimate of drug-likeness (QED) is 0.878. The van der Waals surface area contributed by atoms with Crippen molar-refractivity contribution in [3.05, 3.63) is 53.9 Å². The lowest BCUT2D eigenvalue weighted by Gasteiger charge is -2.11. The molecule has 0 unspecified atom stereocenters. The number of hydrogen-bond donors (Lipinski definition) is 1. The fourth-order valence-corrected chi connectivity index (χ4v) is 1.88. The molecule has 0 spiro atoms. The van der Waals surface area contributed by atoms with Crippen LogP contribution in [0.15, 0.2) is 42.6 Å². The number of amides is 1. The predicted octanol–water partition coefficient (Wildman–Crippen LogP) is 1.79. The second kappa shape index (κ2) is 7.38. The Morgan fingerprint density at radius 3 is 2.67 bits per heavy atom. The van der Waals surface area contributed by atoms with E-state index in [0.29, 0.717) is 18.9 Å². The van der Waals surface area contributed by atoms with Crippen LogP contribution in [0.2, 0.25) is 0 Å². The van der Waals surface area contributed by atoms with Gasteiger partial charge in [0.25, 0.3) is 0 Å². The van der Waals surface area contributed by atoms with Gasteiger partial charge in [-0.3, -0.25) is 4.79 Å². The first-order chi connectivity index (χ1) is 10.1. The molecule has 0 fully saturated rings. The summed E-state index contributed by atoms with van der Waals surface area (Å²) in [6.45, 7) is 0.428. The van der Waals surface area contributed by atoms with Gasteiger partial charge >= 0.3 is 0 Å². The summed E-state index contributed by atoms with van der Waals surface area (Å²) in [5.41, 5.74) is 1.98. The molecule has 110 valence electrons. The Morgan fingerprint density at radius 1 is 1.19 bits per heavy atom. The van der Waals surface area contributed by atoms with Crippen molar-refractivity contribution in [1.29, 1.82) is 0 Å². The van der Waals surface area contributed by atoms with Crippen molar-refractivity contribution in [2.24, 2.45) is 0 Å². The number of hydrogen-bond acceptors (Lipinski definition) is 4. The zero-order valence-corrected chi connectivity index (χ0v) is 12.4. The smallest absolute Gasteiger partial charge is 0.225 e. The van der Waals surface area contributed by atoms with E-state index in [1.54, 1.807) is 6.20 Å². The highest BCUT2D eigenvalue weighted by molar-refractivity contribution is 5.76. The minimum absolute atomic E-state index is 0.0314. The van der Waals surface area contributed by atoms with Gasteiger partial charge in [-0.1, -0.05) is 30.3 Å². The summed E-state index contributed by atoms with van der Waals surface area (Å²) in [6.07, 6.45) is 2.93. The fraction of sp³-hybridized carbons (Fsp3) is 0.312. The van der Waals surface area contributed by atoms with Crippen LogP contribution in [0.4, 0.5) is 5.95 Å². The van der Waals surface area contributed by atoms with E-state index in [0.717, 1.165) is 12.1 Å². The Morgan fingerprint density at radius 2 is 1.95 bits per heavy atom. The highest BCUT2D eigenvalue weighted by Gasteiger charge is 2.05. The van der Waals surface area contributed by atoms with Crippen molar-refractivity contribution < 1.29 is 4.79 Å². The van der Waals surface area contributed by atoms with Crippen LogP contribution in [0.1, 0.15) is 17.7 Å². The first-order valence-corrected chi connectivity index (χ1v) is 6.95. The predicted molar refractivity (Wildman–Crippen MR) is 83.0 cm³/mol. The number of aryl methyl sites for hydroxylation is 1. The van der Waals surface area contributed by atoms with E-state index in [-0.39, 0.29) is 5.91 Å². The first kappa shape index (κ1) is 15.0. The molecule has 0 aliphatic carbocycles. The molecule has 2 rings (SSSR count). The molecule has 0 bridgehead atoms. The van der Waals surface area contributed by atoms with E-state index < -0.39 is 0 Å². The molecule has 1 aromatic heterocycles. The molecule has 0 saturated heterocycles. The van der Waals surface area contributed by atoms with Gasteiger partial charge in [-0.25, -0.2) is 9.97 Å². The Kier molecular flexibility index (Phi) is 5.26. The second-order valence-corrected chi connectivity index (χ2v) is 5.00. The van der Waals surface area contributed by atoms with Crippen LogP contribution in [0.25, 0.3) is 0 Å². The van der Waals surface area contributed by atoms with Crippen molar-refractivity contribution in [2.75, 3.05) is 19.0 Å². The molecule has 0 radical (unpaired) electrons. The molecule has 2 aromatic rings. The van der Waals surface area contributed by atoms with Crippen molar-refractivity contribution in [2.45, 2.75) is 19.4 Å². The van der Waals surface area contributed by atoms with Gasteiger partial charge in [0.15, 0.2) is 0 Å². The largest absolute Gasteiger partial charge is 0.350 e.